The second-order valence-corrected chi connectivity index (χ2v) is 11.5. The maximum atomic E-state index is 2.47. The molecule has 0 atom stereocenters. The summed E-state index contributed by atoms with van der Waals surface area (Å²) in [7, 11) is 0. The summed E-state index contributed by atoms with van der Waals surface area (Å²) in [4.78, 5) is 0. The van der Waals surface area contributed by atoms with E-state index < -0.39 is 0 Å². The van der Waals surface area contributed by atoms with Gasteiger partial charge in [0.1, 0.15) is 0 Å². The molecular weight excluding hydrogens is 408 g/mol. The Kier molecular flexibility index (Phi) is 5.36. The zero-order valence-corrected chi connectivity index (χ0v) is 21.2. The molecule has 0 unspecified atom stereocenters. The SMILES string of the molecule is CC(C)(C)c1cc(C(C)(C)C)c2c(-c3ccccc3)c3ccccc3c(-c3ccccc3)c2c1. The Morgan fingerprint density at radius 2 is 0.912 bits per heavy atom. The van der Waals surface area contributed by atoms with E-state index in [1.165, 1.54) is 54.9 Å². The second kappa shape index (κ2) is 8.13. The fourth-order valence-electron chi connectivity index (χ4n) is 5.15. The molecule has 0 saturated carbocycles. The van der Waals surface area contributed by atoms with Crippen LogP contribution in [-0.2, 0) is 10.8 Å². The van der Waals surface area contributed by atoms with Crippen molar-refractivity contribution in [1.82, 2.24) is 0 Å². The molecule has 0 N–H and O–H groups in total. The van der Waals surface area contributed by atoms with Crippen molar-refractivity contribution in [3.63, 3.8) is 0 Å². The smallest absolute Gasteiger partial charge is 0.00234 e. The van der Waals surface area contributed by atoms with Gasteiger partial charge in [-0.05, 0) is 71.8 Å². The zero-order valence-electron chi connectivity index (χ0n) is 21.2. The normalized spacial score (nSPS) is 12.4. The Labute approximate surface area is 204 Å². The first-order valence-electron chi connectivity index (χ1n) is 12.3. The van der Waals surface area contributed by atoms with Crippen molar-refractivity contribution in [3.8, 4) is 22.3 Å². The van der Waals surface area contributed by atoms with Crippen LogP contribution in [0.15, 0.2) is 97.1 Å². The second-order valence-electron chi connectivity index (χ2n) is 11.5. The minimum absolute atomic E-state index is 0.000540. The number of fused-ring (bicyclic) bond motifs is 2. The summed E-state index contributed by atoms with van der Waals surface area (Å²) in [6, 6.07) is 35.7. The van der Waals surface area contributed by atoms with Crippen molar-refractivity contribution in [1.29, 1.82) is 0 Å². The number of rotatable bonds is 2. The fourth-order valence-corrected chi connectivity index (χ4v) is 5.15. The highest BCUT2D eigenvalue weighted by atomic mass is 14.3. The first-order chi connectivity index (χ1) is 16.2. The van der Waals surface area contributed by atoms with E-state index in [4.69, 9.17) is 0 Å². The van der Waals surface area contributed by atoms with E-state index in [1.807, 2.05) is 0 Å². The Bertz CT molecular complexity index is 1470. The van der Waals surface area contributed by atoms with E-state index in [0.29, 0.717) is 0 Å². The zero-order chi connectivity index (χ0) is 24.1. The topological polar surface area (TPSA) is 0 Å². The van der Waals surface area contributed by atoms with Gasteiger partial charge in [-0.1, -0.05) is 133 Å². The molecule has 0 spiro atoms. The third-order valence-electron chi connectivity index (χ3n) is 6.92. The summed E-state index contributed by atoms with van der Waals surface area (Å²) in [5.41, 5.74) is 8.08. The lowest BCUT2D eigenvalue weighted by molar-refractivity contribution is 0.573. The van der Waals surface area contributed by atoms with Gasteiger partial charge in [0.2, 0.25) is 0 Å². The molecule has 0 nitrogen and oxygen atoms in total. The molecule has 0 amide bonds. The molecule has 5 aromatic rings. The van der Waals surface area contributed by atoms with Crippen molar-refractivity contribution in [3.05, 3.63) is 108 Å². The molecular formula is C34H34. The molecule has 0 radical (unpaired) electrons. The van der Waals surface area contributed by atoms with Crippen LogP contribution in [0.25, 0.3) is 43.8 Å². The predicted octanol–water partition coefficient (Wildman–Crippen LogP) is 9.92. The number of hydrogen-bond acceptors (Lipinski definition) is 0. The lowest BCUT2D eigenvalue weighted by Gasteiger charge is -2.30. The summed E-state index contributed by atoms with van der Waals surface area (Å²) in [6.07, 6.45) is 0. The first-order valence-corrected chi connectivity index (χ1v) is 12.3. The highest BCUT2D eigenvalue weighted by molar-refractivity contribution is 6.22. The molecule has 34 heavy (non-hydrogen) atoms. The van der Waals surface area contributed by atoms with Gasteiger partial charge in [0.05, 0.1) is 0 Å². The minimum atomic E-state index is -0.000540. The van der Waals surface area contributed by atoms with Crippen molar-refractivity contribution in [2.24, 2.45) is 0 Å². The molecule has 0 aliphatic rings. The molecule has 0 heterocycles. The van der Waals surface area contributed by atoms with Gasteiger partial charge in [0.15, 0.2) is 0 Å². The van der Waals surface area contributed by atoms with Gasteiger partial charge in [-0.15, -0.1) is 0 Å². The standard InChI is InChI=1S/C34H34/c1-33(2,3)25-21-28-30(23-15-9-7-10-16-23)26-19-13-14-20-27(26)31(24-17-11-8-12-18-24)32(28)29(22-25)34(4,5)6/h7-22H,1-6H3. The van der Waals surface area contributed by atoms with Crippen LogP contribution in [0.5, 0.6) is 0 Å². The molecule has 0 bridgehead atoms. The van der Waals surface area contributed by atoms with Gasteiger partial charge in [-0.25, -0.2) is 0 Å². The van der Waals surface area contributed by atoms with Crippen LogP contribution in [-0.4, -0.2) is 0 Å². The fraction of sp³-hybridized carbons (Fsp3) is 0.235. The van der Waals surface area contributed by atoms with Gasteiger partial charge in [0.25, 0.3) is 0 Å². The molecule has 0 aromatic heterocycles. The Morgan fingerprint density at radius 1 is 0.441 bits per heavy atom. The van der Waals surface area contributed by atoms with Crippen LogP contribution >= 0.6 is 0 Å². The van der Waals surface area contributed by atoms with E-state index in [9.17, 15) is 0 Å². The summed E-state index contributed by atoms with van der Waals surface area (Å²) in [5.74, 6) is 0. The molecule has 0 saturated heterocycles. The minimum Gasteiger partial charge on any atom is -0.0622 e. The third-order valence-corrected chi connectivity index (χ3v) is 6.92. The van der Waals surface area contributed by atoms with Crippen molar-refractivity contribution >= 4 is 21.5 Å². The van der Waals surface area contributed by atoms with E-state index in [-0.39, 0.29) is 10.8 Å². The highest BCUT2D eigenvalue weighted by Gasteiger charge is 2.27. The maximum Gasteiger partial charge on any atom is -0.00234 e. The maximum absolute atomic E-state index is 2.47. The summed E-state index contributed by atoms with van der Waals surface area (Å²) in [5, 5.41) is 5.35. The largest absolute Gasteiger partial charge is 0.0622 e. The van der Waals surface area contributed by atoms with Gasteiger partial charge in [0, 0.05) is 0 Å². The van der Waals surface area contributed by atoms with E-state index in [2.05, 4.69) is 139 Å². The molecule has 0 fully saturated rings. The molecule has 0 heteroatoms. The molecule has 170 valence electrons. The molecule has 5 aromatic carbocycles. The Hall–Kier alpha value is -3.38. The quantitative estimate of drug-likeness (QED) is 0.239. The Balaban J connectivity index is 2.12. The summed E-state index contributed by atoms with van der Waals surface area (Å²) >= 11 is 0. The average Bonchev–Trinajstić information content (AvgIpc) is 2.81. The molecule has 0 aliphatic heterocycles. The van der Waals surface area contributed by atoms with Crippen LogP contribution in [0.4, 0.5) is 0 Å². The van der Waals surface area contributed by atoms with Gasteiger partial charge in [-0.2, -0.15) is 0 Å². The van der Waals surface area contributed by atoms with Crippen LogP contribution < -0.4 is 0 Å². The van der Waals surface area contributed by atoms with E-state index in [0.717, 1.165) is 0 Å². The average molecular weight is 443 g/mol. The van der Waals surface area contributed by atoms with Gasteiger partial charge in [-0.3, -0.25) is 0 Å². The van der Waals surface area contributed by atoms with Crippen LogP contribution in [0.1, 0.15) is 52.7 Å². The van der Waals surface area contributed by atoms with Crippen LogP contribution in [0.3, 0.4) is 0 Å². The van der Waals surface area contributed by atoms with Crippen molar-refractivity contribution < 1.29 is 0 Å². The lowest BCUT2D eigenvalue weighted by Crippen LogP contribution is -2.17. The van der Waals surface area contributed by atoms with Crippen LogP contribution in [0.2, 0.25) is 0 Å². The van der Waals surface area contributed by atoms with Gasteiger partial charge < -0.3 is 0 Å². The first kappa shape index (κ1) is 22.4. The summed E-state index contributed by atoms with van der Waals surface area (Å²) in [6.45, 7) is 14.0. The van der Waals surface area contributed by atoms with Crippen molar-refractivity contribution in [2.45, 2.75) is 52.4 Å². The predicted molar refractivity (Wildman–Crippen MR) is 150 cm³/mol. The number of hydrogen-bond donors (Lipinski definition) is 0. The number of benzene rings is 5. The third kappa shape index (κ3) is 3.82. The molecule has 0 aliphatic carbocycles. The van der Waals surface area contributed by atoms with Gasteiger partial charge >= 0.3 is 0 Å². The highest BCUT2D eigenvalue weighted by Crippen LogP contribution is 2.48. The van der Waals surface area contributed by atoms with Crippen LogP contribution in [0, 0.1) is 0 Å². The van der Waals surface area contributed by atoms with Crippen molar-refractivity contribution in [2.75, 3.05) is 0 Å². The van der Waals surface area contributed by atoms with E-state index in [1.54, 1.807) is 0 Å². The summed E-state index contributed by atoms with van der Waals surface area (Å²) < 4.78 is 0. The Morgan fingerprint density at radius 3 is 1.41 bits per heavy atom. The lowest BCUT2D eigenvalue weighted by atomic mass is 9.74. The molecule has 5 rings (SSSR count). The van der Waals surface area contributed by atoms with E-state index >= 15 is 0 Å². The monoisotopic (exact) mass is 442 g/mol.